The summed E-state index contributed by atoms with van der Waals surface area (Å²) in [5, 5.41) is 2.45. The maximum atomic E-state index is 12.2. The zero-order chi connectivity index (χ0) is 17.4. The van der Waals surface area contributed by atoms with Crippen LogP contribution >= 0.6 is 0 Å². The standard InChI is InChI=1S/C20H26N4O/c1-22-12-10-20(9-7-18(22)25)15-24(14-13-23(20)2)19-17-6-4-3-5-16(17)8-11-21-19/h3-6,8,11H,7,9-10,12-15H2,1-2H3/t20-/m0/s1. The van der Waals surface area contributed by atoms with Crippen LogP contribution in [-0.2, 0) is 4.79 Å². The Balaban J connectivity index is 1.67. The normalized spacial score (nSPS) is 25.6. The highest BCUT2D eigenvalue weighted by molar-refractivity contribution is 5.92. The number of piperazine rings is 1. The van der Waals surface area contributed by atoms with Gasteiger partial charge in [0.25, 0.3) is 0 Å². The van der Waals surface area contributed by atoms with E-state index in [9.17, 15) is 4.79 Å². The minimum atomic E-state index is 0.0529. The van der Waals surface area contributed by atoms with Crippen LogP contribution in [0.15, 0.2) is 36.5 Å². The number of benzene rings is 1. The highest BCUT2D eigenvalue weighted by Gasteiger charge is 2.42. The number of pyridine rings is 1. The summed E-state index contributed by atoms with van der Waals surface area (Å²) in [6.45, 7) is 3.75. The van der Waals surface area contributed by atoms with E-state index >= 15 is 0 Å². The number of anilines is 1. The quantitative estimate of drug-likeness (QED) is 0.800. The fourth-order valence-electron chi connectivity index (χ4n) is 4.30. The molecule has 2 aliphatic heterocycles. The van der Waals surface area contributed by atoms with Crippen LogP contribution in [0, 0.1) is 0 Å². The van der Waals surface area contributed by atoms with E-state index in [0.29, 0.717) is 6.42 Å². The summed E-state index contributed by atoms with van der Waals surface area (Å²) in [6, 6.07) is 10.5. The van der Waals surface area contributed by atoms with E-state index in [1.807, 2.05) is 18.1 Å². The van der Waals surface area contributed by atoms with E-state index in [-0.39, 0.29) is 11.4 Å². The molecule has 0 saturated carbocycles. The number of aromatic nitrogens is 1. The van der Waals surface area contributed by atoms with Gasteiger partial charge >= 0.3 is 0 Å². The molecule has 132 valence electrons. The topological polar surface area (TPSA) is 39.7 Å². The van der Waals surface area contributed by atoms with Crippen molar-refractivity contribution in [2.45, 2.75) is 24.8 Å². The van der Waals surface area contributed by atoms with Gasteiger partial charge in [0.1, 0.15) is 5.82 Å². The number of amides is 1. The second-order valence-corrected chi connectivity index (χ2v) is 7.49. The van der Waals surface area contributed by atoms with E-state index in [2.05, 4.69) is 47.2 Å². The van der Waals surface area contributed by atoms with Crippen LogP contribution in [-0.4, -0.2) is 66.5 Å². The van der Waals surface area contributed by atoms with Crippen molar-refractivity contribution in [1.29, 1.82) is 0 Å². The van der Waals surface area contributed by atoms with Crippen LogP contribution in [0.3, 0.4) is 0 Å². The zero-order valence-electron chi connectivity index (χ0n) is 15.1. The van der Waals surface area contributed by atoms with Crippen molar-refractivity contribution in [2.75, 3.05) is 45.2 Å². The molecule has 0 unspecified atom stereocenters. The number of likely N-dealkylation sites (tertiary alicyclic amines) is 1. The maximum absolute atomic E-state index is 12.2. The van der Waals surface area contributed by atoms with Crippen LogP contribution in [0.5, 0.6) is 0 Å². The first kappa shape index (κ1) is 16.3. The molecule has 1 spiro atoms. The van der Waals surface area contributed by atoms with Gasteiger partial charge in [-0.2, -0.15) is 0 Å². The summed E-state index contributed by atoms with van der Waals surface area (Å²) in [7, 11) is 4.14. The summed E-state index contributed by atoms with van der Waals surface area (Å²) in [4.78, 5) is 23.7. The number of rotatable bonds is 1. The van der Waals surface area contributed by atoms with Gasteiger partial charge in [0.05, 0.1) is 0 Å². The Bertz CT molecular complexity index is 787. The van der Waals surface area contributed by atoms with Gasteiger partial charge in [0, 0.05) is 56.8 Å². The summed E-state index contributed by atoms with van der Waals surface area (Å²) in [6.07, 6.45) is 4.49. The molecular formula is C20H26N4O. The number of nitrogens with zero attached hydrogens (tertiary/aromatic N) is 4. The van der Waals surface area contributed by atoms with E-state index in [1.165, 1.54) is 10.8 Å². The lowest BCUT2D eigenvalue weighted by molar-refractivity contribution is -0.129. The van der Waals surface area contributed by atoms with Crippen LogP contribution in [0.25, 0.3) is 10.8 Å². The van der Waals surface area contributed by atoms with E-state index in [1.54, 1.807) is 0 Å². The number of likely N-dealkylation sites (N-methyl/N-ethyl adjacent to an activating group) is 1. The molecule has 2 fully saturated rings. The van der Waals surface area contributed by atoms with Crippen molar-refractivity contribution in [3.63, 3.8) is 0 Å². The molecule has 1 aromatic carbocycles. The van der Waals surface area contributed by atoms with Gasteiger partial charge in [0.2, 0.25) is 5.91 Å². The van der Waals surface area contributed by atoms with Crippen molar-refractivity contribution in [3.05, 3.63) is 36.5 Å². The minimum absolute atomic E-state index is 0.0529. The zero-order valence-corrected chi connectivity index (χ0v) is 15.1. The first-order chi connectivity index (χ1) is 12.1. The first-order valence-electron chi connectivity index (χ1n) is 9.13. The second-order valence-electron chi connectivity index (χ2n) is 7.49. The monoisotopic (exact) mass is 338 g/mol. The molecule has 1 aromatic heterocycles. The van der Waals surface area contributed by atoms with Crippen molar-refractivity contribution in [2.24, 2.45) is 0 Å². The average molecular weight is 338 g/mol. The molecule has 2 aliphatic rings. The first-order valence-corrected chi connectivity index (χ1v) is 9.13. The Labute approximate surface area is 149 Å². The van der Waals surface area contributed by atoms with Crippen molar-refractivity contribution >= 4 is 22.5 Å². The van der Waals surface area contributed by atoms with E-state index < -0.39 is 0 Å². The average Bonchev–Trinajstić information content (AvgIpc) is 2.78. The Kier molecular flexibility index (Phi) is 4.12. The molecule has 0 aliphatic carbocycles. The Hall–Kier alpha value is -2.14. The molecular weight excluding hydrogens is 312 g/mol. The van der Waals surface area contributed by atoms with Gasteiger partial charge < -0.3 is 9.80 Å². The largest absolute Gasteiger partial charge is 0.353 e. The number of carbonyl (C=O) groups excluding carboxylic acids is 1. The van der Waals surface area contributed by atoms with Gasteiger partial charge in [-0.15, -0.1) is 0 Å². The molecule has 4 rings (SSSR count). The Morgan fingerprint density at radius 2 is 1.88 bits per heavy atom. The predicted octanol–water partition coefficient (Wildman–Crippen LogP) is 2.37. The second kappa shape index (κ2) is 6.30. The molecule has 1 amide bonds. The van der Waals surface area contributed by atoms with Gasteiger partial charge in [-0.3, -0.25) is 9.69 Å². The molecule has 0 bridgehead atoms. The van der Waals surface area contributed by atoms with Crippen LogP contribution in [0.4, 0.5) is 5.82 Å². The highest BCUT2D eigenvalue weighted by Crippen LogP contribution is 2.35. The van der Waals surface area contributed by atoms with Gasteiger partial charge in [0.15, 0.2) is 0 Å². The smallest absolute Gasteiger partial charge is 0.222 e. The maximum Gasteiger partial charge on any atom is 0.222 e. The fourth-order valence-corrected chi connectivity index (χ4v) is 4.30. The molecule has 3 heterocycles. The van der Waals surface area contributed by atoms with Crippen LogP contribution in [0.2, 0.25) is 0 Å². The van der Waals surface area contributed by atoms with Crippen molar-refractivity contribution < 1.29 is 4.79 Å². The van der Waals surface area contributed by atoms with Gasteiger partial charge in [-0.05, 0) is 31.3 Å². The predicted molar refractivity (Wildman–Crippen MR) is 101 cm³/mol. The Morgan fingerprint density at radius 3 is 2.76 bits per heavy atom. The number of hydrogen-bond acceptors (Lipinski definition) is 4. The van der Waals surface area contributed by atoms with E-state index in [0.717, 1.165) is 44.8 Å². The molecule has 5 nitrogen and oxygen atoms in total. The lowest BCUT2D eigenvalue weighted by Gasteiger charge is -2.49. The van der Waals surface area contributed by atoms with Crippen LogP contribution in [0.1, 0.15) is 19.3 Å². The molecule has 1 atom stereocenters. The minimum Gasteiger partial charge on any atom is -0.353 e. The molecule has 2 aromatic rings. The summed E-state index contributed by atoms with van der Waals surface area (Å²) < 4.78 is 0. The molecule has 25 heavy (non-hydrogen) atoms. The number of hydrogen-bond donors (Lipinski definition) is 0. The third-order valence-corrected chi connectivity index (χ3v) is 6.09. The fraction of sp³-hybridized carbons (Fsp3) is 0.500. The van der Waals surface area contributed by atoms with E-state index in [4.69, 9.17) is 4.98 Å². The lowest BCUT2D eigenvalue weighted by Crippen LogP contribution is -2.61. The van der Waals surface area contributed by atoms with Crippen molar-refractivity contribution in [3.8, 4) is 0 Å². The van der Waals surface area contributed by atoms with Gasteiger partial charge in [-0.25, -0.2) is 4.98 Å². The molecule has 0 N–H and O–H groups in total. The lowest BCUT2D eigenvalue weighted by atomic mass is 9.86. The molecule has 0 radical (unpaired) electrons. The third-order valence-electron chi connectivity index (χ3n) is 6.09. The number of carbonyl (C=O) groups is 1. The summed E-state index contributed by atoms with van der Waals surface area (Å²) in [5.74, 6) is 1.35. The number of fused-ring (bicyclic) bond motifs is 1. The van der Waals surface area contributed by atoms with Crippen LogP contribution < -0.4 is 4.90 Å². The van der Waals surface area contributed by atoms with Gasteiger partial charge in [-0.1, -0.05) is 24.3 Å². The molecule has 5 heteroatoms. The highest BCUT2D eigenvalue weighted by atomic mass is 16.2. The Morgan fingerprint density at radius 1 is 1.04 bits per heavy atom. The third kappa shape index (κ3) is 2.86. The van der Waals surface area contributed by atoms with Crippen molar-refractivity contribution in [1.82, 2.24) is 14.8 Å². The summed E-state index contributed by atoms with van der Waals surface area (Å²) >= 11 is 0. The summed E-state index contributed by atoms with van der Waals surface area (Å²) in [5.41, 5.74) is 0.0529. The SMILES string of the molecule is CN1CC[C@@]2(CCC1=O)CN(c1nccc3ccccc13)CCN2C. The molecule has 2 saturated heterocycles.